The van der Waals surface area contributed by atoms with Gasteiger partial charge in [-0.2, -0.15) is 0 Å². The maximum atomic E-state index is 12.7. The monoisotopic (exact) mass is 354 g/mol. The minimum atomic E-state index is 0.148. The summed E-state index contributed by atoms with van der Waals surface area (Å²) in [6.45, 7) is 5.70. The molecule has 1 amide bonds. The van der Waals surface area contributed by atoms with E-state index in [1.54, 1.807) is 12.4 Å². The molecule has 4 nitrogen and oxygen atoms in total. The number of hydrogen-bond donors (Lipinski definition) is 0. The summed E-state index contributed by atoms with van der Waals surface area (Å²) in [7, 11) is 0. The summed E-state index contributed by atoms with van der Waals surface area (Å²) in [6.07, 6.45) is 4.70. The quantitative estimate of drug-likeness (QED) is 0.846. The van der Waals surface area contributed by atoms with Crippen molar-refractivity contribution in [2.75, 3.05) is 18.8 Å². The molecular formula is C20H22N2O2S. The number of benzene rings is 1. The van der Waals surface area contributed by atoms with E-state index in [1.165, 1.54) is 0 Å². The molecule has 4 rings (SSSR count). The Morgan fingerprint density at radius 3 is 2.72 bits per heavy atom. The largest absolute Gasteiger partial charge is 0.488 e. The molecule has 1 aromatic carbocycles. The lowest BCUT2D eigenvalue weighted by Crippen LogP contribution is -2.60. The molecule has 3 heterocycles. The third kappa shape index (κ3) is 3.38. The van der Waals surface area contributed by atoms with Gasteiger partial charge in [0.25, 0.3) is 5.91 Å². The van der Waals surface area contributed by atoms with E-state index in [9.17, 15) is 4.79 Å². The van der Waals surface area contributed by atoms with Gasteiger partial charge in [0.15, 0.2) is 0 Å². The van der Waals surface area contributed by atoms with Crippen molar-refractivity contribution < 1.29 is 9.53 Å². The highest BCUT2D eigenvalue weighted by atomic mass is 32.2. The summed E-state index contributed by atoms with van der Waals surface area (Å²) in [5.74, 6) is 1.95. The van der Waals surface area contributed by atoms with E-state index in [0.717, 1.165) is 47.7 Å². The Morgan fingerprint density at radius 2 is 2.04 bits per heavy atom. The van der Waals surface area contributed by atoms with Crippen molar-refractivity contribution in [2.45, 2.75) is 31.1 Å². The van der Waals surface area contributed by atoms with Crippen LogP contribution < -0.4 is 4.74 Å². The van der Waals surface area contributed by atoms with E-state index < -0.39 is 0 Å². The molecule has 1 atom stereocenters. The number of thioether (sulfide) groups is 1. The summed E-state index contributed by atoms with van der Waals surface area (Å²) in [4.78, 5) is 18.8. The van der Waals surface area contributed by atoms with E-state index in [0.29, 0.717) is 0 Å². The number of ether oxygens (including phenoxy) is 1. The van der Waals surface area contributed by atoms with Gasteiger partial charge in [-0.1, -0.05) is 17.2 Å². The molecule has 2 fully saturated rings. The number of hydrogen-bond acceptors (Lipinski definition) is 4. The number of pyridine rings is 1. The lowest BCUT2D eigenvalue weighted by molar-refractivity contribution is 0.0517. The maximum absolute atomic E-state index is 12.7. The molecule has 2 saturated heterocycles. The first-order chi connectivity index (χ1) is 12.0. The van der Waals surface area contributed by atoms with E-state index in [1.807, 2.05) is 54.8 Å². The third-order valence-corrected chi connectivity index (χ3v) is 6.40. The Labute approximate surface area is 152 Å². The second kappa shape index (κ2) is 6.37. The van der Waals surface area contributed by atoms with Gasteiger partial charge in [-0.25, -0.2) is 0 Å². The Bertz CT molecular complexity index is 767. The van der Waals surface area contributed by atoms with Crippen molar-refractivity contribution in [3.8, 4) is 5.75 Å². The number of rotatable bonds is 3. The molecule has 130 valence electrons. The Kier molecular flexibility index (Phi) is 4.20. The topological polar surface area (TPSA) is 42.4 Å². The molecule has 0 N–H and O–H groups in total. The molecule has 0 bridgehead atoms. The van der Waals surface area contributed by atoms with Crippen LogP contribution in [0.5, 0.6) is 5.75 Å². The van der Waals surface area contributed by atoms with E-state index in [-0.39, 0.29) is 16.8 Å². The van der Waals surface area contributed by atoms with Gasteiger partial charge >= 0.3 is 0 Å². The van der Waals surface area contributed by atoms with Crippen molar-refractivity contribution >= 4 is 17.7 Å². The molecule has 2 aliphatic heterocycles. The predicted molar refractivity (Wildman–Crippen MR) is 100 cm³/mol. The number of amides is 1. The van der Waals surface area contributed by atoms with Crippen LogP contribution in [0.1, 0.15) is 27.9 Å². The van der Waals surface area contributed by atoms with Crippen molar-refractivity contribution in [2.24, 2.45) is 0 Å². The summed E-state index contributed by atoms with van der Waals surface area (Å²) in [5, 5.41) is 0. The second-order valence-corrected chi connectivity index (χ2v) is 8.65. The van der Waals surface area contributed by atoms with E-state index >= 15 is 0 Å². The van der Waals surface area contributed by atoms with Crippen molar-refractivity contribution in [1.82, 2.24) is 9.88 Å². The standard InChI is InChI=1S/C20H22N2O2S/c1-14-6-15(2)8-16(7-14)19(23)22-12-20(13-22)9-18(11-25-20)24-17-4-3-5-21-10-17/h3-8,10,18H,9,11-13H2,1-2H3/t18-/m0/s1. The molecule has 1 aromatic heterocycles. The highest BCUT2D eigenvalue weighted by molar-refractivity contribution is 8.01. The molecule has 5 heteroatoms. The summed E-state index contributed by atoms with van der Waals surface area (Å²) < 4.78 is 6.20. The summed E-state index contributed by atoms with van der Waals surface area (Å²) in [5.41, 5.74) is 3.08. The van der Waals surface area contributed by atoms with Crippen LogP contribution in [0, 0.1) is 13.8 Å². The zero-order chi connectivity index (χ0) is 17.4. The molecule has 0 saturated carbocycles. The third-order valence-electron chi connectivity index (χ3n) is 4.83. The summed E-state index contributed by atoms with van der Waals surface area (Å²) >= 11 is 1.94. The van der Waals surface area contributed by atoms with Gasteiger partial charge in [-0.15, -0.1) is 11.8 Å². The van der Waals surface area contributed by atoms with Gasteiger partial charge in [0.05, 0.1) is 10.9 Å². The van der Waals surface area contributed by atoms with Crippen LogP contribution >= 0.6 is 11.8 Å². The van der Waals surface area contributed by atoms with Crippen LogP contribution in [0.25, 0.3) is 0 Å². The lowest BCUT2D eigenvalue weighted by Gasteiger charge is -2.47. The van der Waals surface area contributed by atoms with Crippen LogP contribution in [0.2, 0.25) is 0 Å². The zero-order valence-corrected chi connectivity index (χ0v) is 15.4. The van der Waals surface area contributed by atoms with Gasteiger partial charge in [0, 0.05) is 37.0 Å². The van der Waals surface area contributed by atoms with Crippen LogP contribution in [0.4, 0.5) is 0 Å². The van der Waals surface area contributed by atoms with Gasteiger partial charge in [0.1, 0.15) is 11.9 Å². The number of likely N-dealkylation sites (tertiary alicyclic amines) is 1. The molecular weight excluding hydrogens is 332 g/mol. The fraction of sp³-hybridized carbons (Fsp3) is 0.400. The van der Waals surface area contributed by atoms with Gasteiger partial charge in [-0.05, 0) is 38.1 Å². The molecule has 2 aliphatic rings. The Balaban J connectivity index is 1.36. The predicted octanol–water partition coefficient (Wildman–Crippen LogP) is 3.48. The number of nitrogens with zero attached hydrogens (tertiary/aromatic N) is 2. The number of carbonyl (C=O) groups excluding carboxylic acids is 1. The van der Waals surface area contributed by atoms with Gasteiger partial charge < -0.3 is 9.64 Å². The normalized spacial score (nSPS) is 21.2. The maximum Gasteiger partial charge on any atom is 0.253 e. The fourth-order valence-corrected chi connectivity index (χ4v) is 5.30. The summed E-state index contributed by atoms with van der Waals surface area (Å²) in [6, 6.07) is 9.90. The highest BCUT2D eigenvalue weighted by Gasteiger charge is 2.51. The lowest BCUT2D eigenvalue weighted by atomic mass is 9.92. The average Bonchev–Trinajstić information content (AvgIpc) is 2.97. The number of carbonyl (C=O) groups is 1. The number of aromatic nitrogens is 1. The minimum absolute atomic E-state index is 0.148. The first-order valence-electron chi connectivity index (χ1n) is 8.61. The molecule has 1 spiro atoms. The molecule has 0 aliphatic carbocycles. The molecule has 0 radical (unpaired) electrons. The van der Waals surface area contributed by atoms with E-state index in [2.05, 4.69) is 11.1 Å². The van der Waals surface area contributed by atoms with Gasteiger partial charge in [0.2, 0.25) is 0 Å². The molecule has 25 heavy (non-hydrogen) atoms. The Morgan fingerprint density at radius 1 is 1.28 bits per heavy atom. The smallest absolute Gasteiger partial charge is 0.253 e. The van der Waals surface area contributed by atoms with E-state index in [4.69, 9.17) is 4.74 Å². The fourth-order valence-electron chi connectivity index (χ4n) is 3.78. The second-order valence-electron chi connectivity index (χ2n) is 7.16. The van der Waals surface area contributed by atoms with Crippen LogP contribution in [0.3, 0.4) is 0 Å². The zero-order valence-electron chi connectivity index (χ0n) is 14.6. The average molecular weight is 354 g/mol. The SMILES string of the molecule is Cc1cc(C)cc(C(=O)N2CC3(C[C@H](Oc4cccnc4)CS3)C2)c1. The van der Waals surface area contributed by atoms with Gasteiger partial charge in [-0.3, -0.25) is 9.78 Å². The first-order valence-corrected chi connectivity index (χ1v) is 9.60. The minimum Gasteiger partial charge on any atom is -0.488 e. The molecule has 2 aromatic rings. The number of aryl methyl sites for hydroxylation is 2. The van der Waals surface area contributed by atoms with Crippen molar-refractivity contribution in [3.63, 3.8) is 0 Å². The van der Waals surface area contributed by atoms with Crippen molar-refractivity contribution in [1.29, 1.82) is 0 Å². The molecule has 0 unspecified atom stereocenters. The Hall–Kier alpha value is -2.01. The first kappa shape index (κ1) is 16.5. The van der Waals surface area contributed by atoms with Crippen LogP contribution in [-0.4, -0.2) is 45.5 Å². The van der Waals surface area contributed by atoms with Crippen molar-refractivity contribution in [3.05, 3.63) is 59.4 Å². The van der Waals surface area contributed by atoms with Crippen LogP contribution in [0.15, 0.2) is 42.7 Å². The van der Waals surface area contributed by atoms with Crippen LogP contribution in [-0.2, 0) is 0 Å². The highest BCUT2D eigenvalue weighted by Crippen LogP contribution is 2.46.